The smallest absolute Gasteiger partial charge is 0.309 e. The zero-order valence-electron chi connectivity index (χ0n) is 22.4. The fourth-order valence-electron chi connectivity index (χ4n) is 11.1. The molecular weight excluding hydrogens is 424 g/mol. The minimum Gasteiger partial charge on any atom is -0.505 e. The maximum Gasteiger partial charge on any atom is 0.309 e. The van der Waals surface area contributed by atoms with E-state index >= 15 is 0 Å². The Balaban J connectivity index is 1.60. The fraction of sp³-hybridized carbons (Fsp3) is 0.867. The first kappa shape index (κ1) is 24.4. The Kier molecular flexibility index (Phi) is 5.11. The summed E-state index contributed by atoms with van der Waals surface area (Å²) in [6.07, 6.45) is 9.79. The third-order valence-electron chi connectivity index (χ3n) is 13.3. The number of hydrogen-bond donors (Lipinski definition) is 2. The lowest BCUT2D eigenvalue weighted by Gasteiger charge is -2.72. The van der Waals surface area contributed by atoms with Crippen LogP contribution in [0.2, 0.25) is 0 Å². The molecule has 4 heteroatoms. The second kappa shape index (κ2) is 7.13. The van der Waals surface area contributed by atoms with Crippen LogP contribution in [0.3, 0.4) is 0 Å². The first-order valence-corrected chi connectivity index (χ1v) is 13.9. The molecule has 0 aromatic heterocycles. The summed E-state index contributed by atoms with van der Waals surface area (Å²) in [5.74, 6) is 1.59. The predicted octanol–water partition coefficient (Wildman–Crippen LogP) is 7.04. The molecule has 5 rings (SSSR count). The number of aliphatic hydroxyl groups excluding tert-OH is 1. The zero-order valence-corrected chi connectivity index (χ0v) is 22.4. The number of rotatable bonds is 1. The van der Waals surface area contributed by atoms with E-state index in [-0.39, 0.29) is 39.6 Å². The van der Waals surface area contributed by atoms with E-state index in [9.17, 15) is 19.8 Å². The molecule has 4 saturated carbocycles. The quantitative estimate of drug-likeness (QED) is 0.431. The van der Waals surface area contributed by atoms with Crippen molar-refractivity contribution in [3.05, 3.63) is 11.8 Å². The van der Waals surface area contributed by atoms with Crippen LogP contribution < -0.4 is 0 Å². The van der Waals surface area contributed by atoms with Gasteiger partial charge in [-0.25, -0.2) is 0 Å². The van der Waals surface area contributed by atoms with Crippen molar-refractivity contribution in [2.45, 2.75) is 99.8 Å². The van der Waals surface area contributed by atoms with Crippen molar-refractivity contribution in [1.82, 2.24) is 0 Å². The van der Waals surface area contributed by atoms with Crippen LogP contribution in [-0.2, 0) is 9.59 Å². The standard InChI is InChI=1S/C30H46O4/c1-17-10-13-30(25(33)34)15-14-28(6)19(23(30)18(17)2)8-9-22-27(5)16-20(31)24(32)26(3,4)21(27)11-12-29(22,28)7/h16-19,21-23,31H,8-15H2,1-7H3,(H,33,34)/t17-,18+,19-,21+,22-,23+,27+,28-,29-,30+/m1/s1. The molecule has 2 N–H and O–H groups in total. The van der Waals surface area contributed by atoms with Gasteiger partial charge in [-0.05, 0) is 109 Å². The van der Waals surface area contributed by atoms with E-state index in [0.29, 0.717) is 23.7 Å². The number of carboxylic acids is 1. The Labute approximate surface area is 206 Å². The number of carboxylic acid groups (broad SMARTS) is 1. The van der Waals surface area contributed by atoms with Crippen LogP contribution in [0.4, 0.5) is 0 Å². The van der Waals surface area contributed by atoms with Crippen LogP contribution >= 0.6 is 0 Å². The molecule has 0 bridgehead atoms. The lowest BCUT2D eigenvalue weighted by atomic mass is 9.31. The number of hydrogen-bond acceptors (Lipinski definition) is 3. The van der Waals surface area contributed by atoms with E-state index in [4.69, 9.17) is 0 Å². The molecule has 4 fully saturated rings. The predicted molar refractivity (Wildman–Crippen MR) is 133 cm³/mol. The van der Waals surface area contributed by atoms with Gasteiger partial charge in [0.2, 0.25) is 5.78 Å². The Bertz CT molecular complexity index is 949. The zero-order chi connectivity index (χ0) is 25.1. The van der Waals surface area contributed by atoms with Crippen molar-refractivity contribution in [3.63, 3.8) is 0 Å². The number of Topliss-reactive ketones (excluding diaryl/α,β-unsaturated/α-hetero) is 1. The molecule has 34 heavy (non-hydrogen) atoms. The van der Waals surface area contributed by atoms with Crippen LogP contribution in [0.5, 0.6) is 0 Å². The monoisotopic (exact) mass is 470 g/mol. The third-order valence-corrected chi connectivity index (χ3v) is 13.3. The summed E-state index contributed by atoms with van der Waals surface area (Å²) in [4.78, 5) is 25.7. The normalized spacial score (nSPS) is 54.1. The Morgan fingerprint density at radius 2 is 1.56 bits per heavy atom. The van der Waals surface area contributed by atoms with Gasteiger partial charge in [0.15, 0.2) is 5.76 Å². The summed E-state index contributed by atoms with van der Waals surface area (Å²) in [7, 11) is 0. The SMILES string of the molecule is C[C@@H]1[C@H]2[C@H]3CC[C@@H]4[C@@]5(C)C=C(O)C(=O)C(C)(C)[C@@H]5CC[C@@]4(C)[C@]3(C)CC[C@@]2(C(=O)O)CC[C@H]1C. The van der Waals surface area contributed by atoms with Gasteiger partial charge in [0.05, 0.1) is 5.41 Å². The van der Waals surface area contributed by atoms with Crippen molar-refractivity contribution in [2.75, 3.05) is 0 Å². The molecular formula is C30H46O4. The molecule has 190 valence electrons. The second-order valence-corrected chi connectivity index (χ2v) is 14.5. The van der Waals surface area contributed by atoms with Crippen LogP contribution in [-0.4, -0.2) is 22.0 Å². The van der Waals surface area contributed by atoms with Crippen LogP contribution in [0, 0.1) is 62.6 Å². The molecule has 10 atom stereocenters. The highest BCUT2D eigenvalue weighted by atomic mass is 16.4. The minimum atomic E-state index is -0.558. The van der Waals surface area contributed by atoms with Gasteiger partial charge < -0.3 is 10.2 Å². The van der Waals surface area contributed by atoms with Crippen LogP contribution in [0.15, 0.2) is 11.8 Å². The number of allylic oxidation sites excluding steroid dienone is 2. The van der Waals surface area contributed by atoms with Crippen molar-refractivity contribution in [1.29, 1.82) is 0 Å². The number of aliphatic hydroxyl groups is 1. The molecule has 0 aliphatic heterocycles. The molecule has 5 aliphatic rings. The molecule has 5 aliphatic carbocycles. The van der Waals surface area contributed by atoms with Gasteiger partial charge in [-0.3, -0.25) is 9.59 Å². The van der Waals surface area contributed by atoms with Gasteiger partial charge in [0.25, 0.3) is 0 Å². The van der Waals surface area contributed by atoms with E-state index in [1.54, 1.807) is 0 Å². The lowest BCUT2D eigenvalue weighted by Crippen LogP contribution is -2.67. The Hall–Kier alpha value is -1.32. The Morgan fingerprint density at radius 3 is 2.21 bits per heavy atom. The molecule has 4 nitrogen and oxygen atoms in total. The third kappa shape index (κ3) is 2.67. The van der Waals surface area contributed by atoms with E-state index in [1.165, 1.54) is 0 Å². The lowest BCUT2D eigenvalue weighted by molar-refractivity contribution is -0.237. The van der Waals surface area contributed by atoms with Crippen molar-refractivity contribution >= 4 is 11.8 Å². The molecule has 0 aromatic rings. The van der Waals surface area contributed by atoms with E-state index in [1.807, 2.05) is 19.9 Å². The highest BCUT2D eigenvalue weighted by molar-refractivity contribution is 5.98. The molecule has 0 saturated heterocycles. The maximum absolute atomic E-state index is 12.9. The molecule has 0 aromatic carbocycles. The molecule has 0 spiro atoms. The molecule has 0 heterocycles. The number of carbonyl (C=O) groups is 2. The summed E-state index contributed by atoms with van der Waals surface area (Å²) in [6, 6.07) is 0. The number of carbonyl (C=O) groups excluding carboxylic acids is 1. The summed E-state index contributed by atoms with van der Waals surface area (Å²) < 4.78 is 0. The van der Waals surface area contributed by atoms with Gasteiger partial charge in [-0.1, -0.05) is 48.5 Å². The number of fused-ring (bicyclic) bond motifs is 7. The summed E-state index contributed by atoms with van der Waals surface area (Å²) in [5.41, 5.74) is -1.18. The minimum absolute atomic E-state index is 0.0384. The summed E-state index contributed by atoms with van der Waals surface area (Å²) >= 11 is 0. The highest BCUT2D eigenvalue weighted by Gasteiger charge is 2.71. The number of ketones is 1. The van der Waals surface area contributed by atoms with Crippen molar-refractivity contribution < 1.29 is 19.8 Å². The second-order valence-electron chi connectivity index (χ2n) is 14.5. The number of aliphatic carboxylic acids is 1. The Morgan fingerprint density at radius 1 is 0.882 bits per heavy atom. The average molecular weight is 471 g/mol. The van der Waals surface area contributed by atoms with Crippen LogP contribution in [0.25, 0.3) is 0 Å². The van der Waals surface area contributed by atoms with Gasteiger partial charge >= 0.3 is 5.97 Å². The van der Waals surface area contributed by atoms with Crippen molar-refractivity contribution in [2.24, 2.45) is 62.6 Å². The van der Waals surface area contributed by atoms with Crippen LogP contribution in [0.1, 0.15) is 99.8 Å². The topological polar surface area (TPSA) is 74.6 Å². The molecule has 0 radical (unpaired) electrons. The first-order chi connectivity index (χ1) is 15.7. The average Bonchev–Trinajstić information content (AvgIpc) is 2.75. The largest absolute Gasteiger partial charge is 0.505 e. The summed E-state index contributed by atoms with van der Waals surface area (Å²) in [6.45, 7) is 16.0. The van der Waals surface area contributed by atoms with Crippen molar-refractivity contribution in [3.8, 4) is 0 Å². The molecule has 0 amide bonds. The summed E-state index contributed by atoms with van der Waals surface area (Å²) in [5, 5.41) is 21.3. The fourth-order valence-corrected chi connectivity index (χ4v) is 11.1. The van der Waals surface area contributed by atoms with Gasteiger partial charge in [0, 0.05) is 5.41 Å². The van der Waals surface area contributed by atoms with E-state index in [2.05, 4.69) is 34.6 Å². The van der Waals surface area contributed by atoms with Gasteiger partial charge in [-0.2, -0.15) is 0 Å². The van der Waals surface area contributed by atoms with Gasteiger partial charge in [0.1, 0.15) is 0 Å². The first-order valence-electron chi connectivity index (χ1n) is 13.9. The maximum atomic E-state index is 12.9. The highest BCUT2D eigenvalue weighted by Crippen LogP contribution is 2.76. The molecule has 0 unspecified atom stereocenters. The van der Waals surface area contributed by atoms with E-state index in [0.717, 1.165) is 51.4 Å². The van der Waals surface area contributed by atoms with Gasteiger partial charge in [-0.15, -0.1) is 0 Å². The van der Waals surface area contributed by atoms with E-state index < -0.39 is 16.8 Å².